The molecule has 2 atom stereocenters. The SMILES string of the molecule is Cn1ccnc1C(O)C1CCCOC1. The van der Waals surface area contributed by atoms with Crippen LogP contribution in [0.5, 0.6) is 0 Å². The maximum absolute atomic E-state index is 10.1. The molecule has 0 radical (unpaired) electrons. The van der Waals surface area contributed by atoms with Gasteiger partial charge in [0.2, 0.25) is 0 Å². The molecule has 78 valence electrons. The summed E-state index contributed by atoms with van der Waals surface area (Å²) in [5, 5.41) is 10.1. The smallest absolute Gasteiger partial charge is 0.137 e. The molecule has 4 heteroatoms. The van der Waals surface area contributed by atoms with E-state index in [-0.39, 0.29) is 5.92 Å². The molecule has 2 unspecified atom stereocenters. The Hall–Kier alpha value is -0.870. The van der Waals surface area contributed by atoms with E-state index in [0.717, 1.165) is 25.3 Å². The number of aryl methyl sites for hydroxylation is 1. The van der Waals surface area contributed by atoms with Crippen LogP contribution in [0.3, 0.4) is 0 Å². The Morgan fingerprint density at radius 3 is 3.14 bits per heavy atom. The lowest BCUT2D eigenvalue weighted by Gasteiger charge is -2.26. The van der Waals surface area contributed by atoms with Gasteiger partial charge in [0.25, 0.3) is 0 Å². The third-order valence-electron chi connectivity index (χ3n) is 2.77. The Bertz CT molecular complexity index is 292. The van der Waals surface area contributed by atoms with Crippen molar-refractivity contribution < 1.29 is 9.84 Å². The largest absolute Gasteiger partial charge is 0.385 e. The molecule has 0 spiro atoms. The monoisotopic (exact) mass is 196 g/mol. The Balaban J connectivity index is 2.07. The molecule has 4 nitrogen and oxygen atoms in total. The number of aliphatic hydroxyl groups is 1. The summed E-state index contributed by atoms with van der Waals surface area (Å²) in [5.74, 6) is 0.936. The summed E-state index contributed by atoms with van der Waals surface area (Å²) in [5.41, 5.74) is 0. The van der Waals surface area contributed by atoms with Crippen molar-refractivity contribution in [1.29, 1.82) is 0 Å². The minimum absolute atomic E-state index is 0.199. The van der Waals surface area contributed by atoms with Crippen molar-refractivity contribution in [2.24, 2.45) is 13.0 Å². The zero-order valence-electron chi connectivity index (χ0n) is 8.39. The van der Waals surface area contributed by atoms with Crippen molar-refractivity contribution in [1.82, 2.24) is 9.55 Å². The van der Waals surface area contributed by atoms with Gasteiger partial charge in [-0.15, -0.1) is 0 Å². The number of aromatic nitrogens is 2. The van der Waals surface area contributed by atoms with Gasteiger partial charge in [0, 0.05) is 32.0 Å². The third kappa shape index (κ3) is 1.81. The highest BCUT2D eigenvalue weighted by Gasteiger charge is 2.26. The molecule has 1 aromatic heterocycles. The molecule has 0 aromatic carbocycles. The van der Waals surface area contributed by atoms with E-state index in [1.165, 1.54) is 0 Å². The van der Waals surface area contributed by atoms with Crippen LogP contribution in [0.2, 0.25) is 0 Å². The van der Waals surface area contributed by atoms with Crippen LogP contribution < -0.4 is 0 Å². The average molecular weight is 196 g/mol. The van der Waals surface area contributed by atoms with Crippen molar-refractivity contribution in [2.45, 2.75) is 18.9 Å². The first-order valence-corrected chi connectivity index (χ1v) is 5.02. The van der Waals surface area contributed by atoms with E-state index in [0.29, 0.717) is 6.61 Å². The van der Waals surface area contributed by atoms with E-state index < -0.39 is 6.10 Å². The molecule has 1 aliphatic heterocycles. The van der Waals surface area contributed by atoms with Gasteiger partial charge < -0.3 is 14.4 Å². The Kier molecular flexibility index (Phi) is 2.84. The van der Waals surface area contributed by atoms with Gasteiger partial charge >= 0.3 is 0 Å². The summed E-state index contributed by atoms with van der Waals surface area (Å²) < 4.78 is 7.20. The van der Waals surface area contributed by atoms with Gasteiger partial charge in [-0.05, 0) is 12.8 Å². The van der Waals surface area contributed by atoms with Crippen LogP contribution >= 0.6 is 0 Å². The maximum atomic E-state index is 10.1. The fourth-order valence-electron chi connectivity index (χ4n) is 1.89. The van der Waals surface area contributed by atoms with Gasteiger partial charge in [-0.3, -0.25) is 0 Å². The summed E-state index contributed by atoms with van der Waals surface area (Å²) in [4.78, 5) is 4.15. The highest BCUT2D eigenvalue weighted by atomic mass is 16.5. The molecule has 0 saturated carbocycles. The second-order valence-electron chi connectivity index (χ2n) is 3.82. The second kappa shape index (κ2) is 4.11. The highest BCUT2D eigenvalue weighted by molar-refractivity contribution is 4.97. The van der Waals surface area contributed by atoms with Crippen LogP contribution in [-0.2, 0) is 11.8 Å². The molecular formula is C10H16N2O2. The third-order valence-corrected chi connectivity index (χ3v) is 2.77. The predicted octanol–water partition coefficient (Wildman–Crippen LogP) is 0.880. The number of hydrogen-bond donors (Lipinski definition) is 1. The lowest BCUT2D eigenvalue weighted by atomic mass is 9.95. The predicted molar refractivity (Wildman–Crippen MR) is 51.7 cm³/mol. The number of imidazole rings is 1. The minimum Gasteiger partial charge on any atom is -0.385 e. The Morgan fingerprint density at radius 2 is 2.57 bits per heavy atom. The maximum Gasteiger partial charge on any atom is 0.137 e. The molecule has 2 rings (SSSR count). The molecule has 1 fully saturated rings. The number of hydrogen-bond acceptors (Lipinski definition) is 3. The first kappa shape index (κ1) is 9.68. The summed E-state index contributed by atoms with van der Waals surface area (Å²) in [7, 11) is 1.90. The normalized spacial score (nSPS) is 24.9. The molecule has 2 heterocycles. The van der Waals surface area contributed by atoms with E-state index >= 15 is 0 Å². The lowest BCUT2D eigenvalue weighted by Crippen LogP contribution is -2.25. The topological polar surface area (TPSA) is 47.3 Å². The zero-order valence-corrected chi connectivity index (χ0v) is 8.39. The van der Waals surface area contributed by atoms with Gasteiger partial charge in [-0.2, -0.15) is 0 Å². The standard InChI is InChI=1S/C10H16N2O2/c1-12-5-4-11-10(12)9(13)8-3-2-6-14-7-8/h4-5,8-9,13H,2-3,6-7H2,1H3. The first-order chi connectivity index (χ1) is 6.79. The molecule has 1 saturated heterocycles. The molecule has 1 N–H and O–H groups in total. The summed E-state index contributed by atoms with van der Waals surface area (Å²) in [6, 6.07) is 0. The molecular weight excluding hydrogens is 180 g/mol. The van der Waals surface area contributed by atoms with Crippen molar-refractivity contribution in [3.8, 4) is 0 Å². The van der Waals surface area contributed by atoms with Crippen LogP contribution in [-0.4, -0.2) is 27.9 Å². The number of nitrogens with zero attached hydrogens (tertiary/aromatic N) is 2. The van der Waals surface area contributed by atoms with Crippen LogP contribution in [0.1, 0.15) is 24.8 Å². The van der Waals surface area contributed by atoms with Crippen molar-refractivity contribution in [3.05, 3.63) is 18.2 Å². The van der Waals surface area contributed by atoms with Gasteiger partial charge in [0.05, 0.1) is 6.61 Å². The van der Waals surface area contributed by atoms with E-state index in [1.54, 1.807) is 6.20 Å². The fraction of sp³-hybridized carbons (Fsp3) is 0.700. The number of ether oxygens (including phenoxy) is 1. The highest BCUT2D eigenvalue weighted by Crippen LogP contribution is 2.27. The molecule has 1 aromatic rings. The first-order valence-electron chi connectivity index (χ1n) is 5.02. The van der Waals surface area contributed by atoms with E-state index in [9.17, 15) is 5.11 Å². The Morgan fingerprint density at radius 1 is 1.71 bits per heavy atom. The van der Waals surface area contributed by atoms with E-state index in [2.05, 4.69) is 4.98 Å². The van der Waals surface area contributed by atoms with E-state index in [4.69, 9.17) is 4.74 Å². The lowest BCUT2D eigenvalue weighted by molar-refractivity contribution is -0.0142. The fourth-order valence-corrected chi connectivity index (χ4v) is 1.89. The van der Waals surface area contributed by atoms with Gasteiger partial charge in [-0.1, -0.05) is 0 Å². The zero-order chi connectivity index (χ0) is 9.97. The summed E-state index contributed by atoms with van der Waals surface area (Å²) in [6.45, 7) is 1.47. The summed E-state index contributed by atoms with van der Waals surface area (Å²) >= 11 is 0. The molecule has 0 bridgehead atoms. The van der Waals surface area contributed by atoms with Crippen LogP contribution in [0, 0.1) is 5.92 Å². The van der Waals surface area contributed by atoms with Gasteiger partial charge in [0.1, 0.15) is 11.9 Å². The van der Waals surface area contributed by atoms with Crippen molar-refractivity contribution in [3.63, 3.8) is 0 Å². The molecule has 14 heavy (non-hydrogen) atoms. The Labute approximate surface area is 83.5 Å². The second-order valence-corrected chi connectivity index (χ2v) is 3.82. The number of rotatable bonds is 2. The van der Waals surface area contributed by atoms with Crippen LogP contribution in [0.4, 0.5) is 0 Å². The van der Waals surface area contributed by atoms with Gasteiger partial charge in [-0.25, -0.2) is 4.98 Å². The average Bonchev–Trinajstić information content (AvgIpc) is 2.65. The molecule has 1 aliphatic rings. The van der Waals surface area contributed by atoms with Crippen molar-refractivity contribution in [2.75, 3.05) is 13.2 Å². The number of aliphatic hydroxyl groups excluding tert-OH is 1. The quantitative estimate of drug-likeness (QED) is 0.763. The van der Waals surface area contributed by atoms with Gasteiger partial charge in [0.15, 0.2) is 0 Å². The minimum atomic E-state index is -0.490. The summed E-state index contributed by atoms with van der Waals surface area (Å²) in [6.07, 6.45) is 5.13. The molecule has 0 aliphatic carbocycles. The van der Waals surface area contributed by atoms with E-state index in [1.807, 2.05) is 17.8 Å². The van der Waals surface area contributed by atoms with Crippen LogP contribution in [0.15, 0.2) is 12.4 Å². The van der Waals surface area contributed by atoms with Crippen LogP contribution in [0.25, 0.3) is 0 Å². The molecule has 0 amide bonds. The van der Waals surface area contributed by atoms with Crippen molar-refractivity contribution >= 4 is 0 Å².